The Balaban J connectivity index is 1.60. The summed E-state index contributed by atoms with van der Waals surface area (Å²) in [4.78, 5) is 26.4. The van der Waals surface area contributed by atoms with E-state index in [1.165, 1.54) is 31.0 Å². The van der Waals surface area contributed by atoms with Gasteiger partial charge in [-0.15, -0.1) is 0 Å². The molecule has 1 saturated heterocycles. The second-order valence-electron chi connectivity index (χ2n) is 7.85. The molecule has 0 unspecified atom stereocenters. The first-order valence-electron chi connectivity index (χ1n) is 11.5. The molecule has 3 rings (SSSR count). The maximum absolute atomic E-state index is 14.0. The molecule has 0 saturated carbocycles. The number of hydrogen-bond acceptors (Lipinski definition) is 7. The number of thiocarbonyl (C=S) groups is 1. The molecule has 10 heteroatoms. The van der Waals surface area contributed by atoms with Crippen molar-refractivity contribution in [2.24, 2.45) is 0 Å². The topological polar surface area (TPSA) is 65.1 Å². The largest absolute Gasteiger partial charge is 0.493 e. The van der Waals surface area contributed by atoms with Gasteiger partial charge in [0.15, 0.2) is 11.5 Å². The van der Waals surface area contributed by atoms with Crippen LogP contribution in [0.25, 0.3) is 6.08 Å². The molecule has 0 atom stereocenters. The highest BCUT2D eigenvalue weighted by Gasteiger charge is 2.31. The van der Waals surface area contributed by atoms with E-state index < -0.39 is 5.82 Å². The Morgan fingerprint density at radius 1 is 1.19 bits per heavy atom. The number of ether oxygens (including phenoxy) is 3. The summed E-state index contributed by atoms with van der Waals surface area (Å²) >= 11 is 12.7. The van der Waals surface area contributed by atoms with Crippen LogP contribution in [0.15, 0.2) is 41.3 Å². The number of thioether (sulfide) groups is 1. The molecule has 192 valence electrons. The molecule has 1 aliphatic rings. The molecule has 0 aliphatic carbocycles. The molecule has 1 heterocycles. The SMILES string of the molecule is CCOC(=O)CCCCCN1C(=O)/C(=C\c2ccc(OCc3c(F)cccc3Cl)c(OC)c2)SC1=S. The Kier molecular flexibility index (Phi) is 10.6. The van der Waals surface area contributed by atoms with Gasteiger partial charge in [-0.1, -0.05) is 54.1 Å². The van der Waals surface area contributed by atoms with Gasteiger partial charge < -0.3 is 14.2 Å². The van der Waals surface area contributed by atoms with E-state index in [2.05, 4.69) is 0 Å². The number of unbranched alkanes of at least 4 members (excludes halogenated alkanes) is 2. The van der Waals surface area contributed by atoms with E-state index in [9.17, 15) is 14.0 Å². The second-order valence-corrected chi connectivity index (χ2v) is 9.93. The van der Waals surface area contributed by atoms with Gasteiger partial charge >= 0.3 is 5.97 Å². The van der Waals surface area contributed by atoms with Crippen LogP contribution in [0.1, 0.15) is 43.7 Å². The van der Waals surface area contributed by atoms with Gasteiger partial charge in [0.05, 0.1) is 23.6 Å². The van der Waals surface area contributed by atoms with Crippen LogP contribution in [-0.2, 0) is 20.9 Å². The predicted molar refractivity (Wildman–Crippen MR) is 144 cm³/mol. The summed E-state index contributed by atoms with van der Waals surface area (Å²) < 4.78 is 30.6. The highest BCUT2D eigenvalue weighted by atomic mass is 35.5. The number of carbonyl (C=O) groups excluding carboxylic acids is 2. The van der Waals surface area contributed by atoms with Crippen molar-refractivity contribution in [3.8, 4) is 11.5 Å². The fourth-order valence-electron chi connectivity index (χ4n) is 3.51. The number of amides is 1. The molecule has 2 aromatic carbocycles. The van der Waals surface area contributed by atoms with Gasteiger partial charge in [-0.05, 0) is 55.7 Å². The molecule has 0 spiro atoms. The first-order valence-corrected chi connectivity index (χ1v) is 13.1. The third kappa shape index (κ3) is 7.44. The number of carbonyl (C=O) groups is 2. The number of rotatable bonds is 12. The average molecular weight is 552 g/mol. The standard InChI is InChI=1S/C26H27ClFNO5S2/c1-3-33-24(30)10-5-4-6-13-29-25(31)23(36-26(29)35)15-17-11-12-21(22(14-17)32-2)34-16-18-19(27)8-7-9-20(18)28/h7-9,11-12,14-15H,3-6,10,13,16H2,1-2H3/b23-15+. The summed E-state index contributed by atoms with van der Waals surface area (Å²) in [5, 5.41) is 0.284. The molecule has 1 amide bonds. The van der Waals surface area contributed by atoms with Crippen LogP contribution in [0.2, 0.25) is 5.02 Å². The van der Waals surface area contributed by atoms with Crippen LogP contribution in [0.4, 0.5) is 4.39 Å². The molecular formula is C26H27ClFNO5S2. The number of benzene rings is 2. The van der Waals surface area contributed by atoms with Crippen LogP contribution in [-0.4, -0.2) is 41.4 Å². The number of hydrogen-bond donors (Lipinski definition) is 0. The van der Waals surface area contributed by atoms with Gasteiger partial charge in [-0.2, -0.15) is 0 Å². The molecule has 2 aromatic rings. The summed E-state index contributed by atoms with van der Waals surface area (Å²) in [5.74, 6) is 0.0644. The zero-order valence-electron chi connectivity index (χ0n) is 20.1. The van der Waals surface area contributed by atoms with E-state index in [1.807, 2.05) is 0 Å². The molecule has 36 heavy (non-hydrogen) atoms. The molecule has 0 N–H and O–H groups in total. The fraction of sp³-hybridized carbons (Fsp3) is 0.346. The molecular weight excluding hydrogens is 525 g/mol. The molecule has 1 fully saturated rings. The van der Waals surface area contributed by atoms with Crippen molar-refractivity contribution < 1.29 is 28.2 Å². The maximum Gasteiger partial charge on any atom is 0.305 e. The number of halogens is 2. The molecule has 1 aliphatic heterocycles. The zero-order valence-corrected chi connectivity index (χ0v) is 22.4. The lowest BCUT2D eigenvalue weighted by molar-refractivity contribution is -0.143. The lowest BCUT2D eigenvalue weighted by Gasteiger charge is -2.14. The third-order valence-corrected chi connectivity index (χ3v) is 7.09. The predicted octanol–water partition coefficient (Wildman–Crippen LogP) is 6.39. The Morgan fingerprint density at radius 2 is 2.00 bits per heavy atom. The highest BCUT2D eigenvalue weighted by Crippen LogP contribution is 2.35. The van der Waals surface area contributed by atoms with Gasteiger partial charge in [-0.3, -0.25) is 14.5 Å². The normalized spacial score (nSPS) is 14.4. The van der Waals surface area contributed by atoms with Crippen molar-refractivity contribution in [1.29, 1.82) is 0 Å². The van der Waals surface area contributed by atoms with Crippen LogP contribution in [0, 0.1) is 5.82 Å². The van der Waals surface area contributed by atoms with E-state index in [4.69, 9.17) is 38.0 Å². The van der Waals surface area contributed by atoms with Crippen LogP contribution >= 0.6 is 35.6 Å². The van der Waals surface area contributed by atoms with Gasteiger partial charge in [0.25, 0.3) is 5.91 Å². The van der Waals surface area contributed by atoms with Gasteiger partial charge in [-0.25, -0.2) is 4.39 Å². The number of esters is 1. The summed E-state index contributed by atoms with van der Waals surface area (Å²) in [6, 6.07) is 9.67. The van der Waals surface area contributed by atoms with Crippen LogP contribution in [0.5, 0.6) is 11.5 Å². The van der Waals surface area contributed by atoms with Crippen LogP contribution < -0.4 is 9.47 Å². The molecule has 6 nitrogen and oxygen atoms in total. The van der Waals surface area contributed by atoms with Gasteiger partial charge in [0.1, 0.15) is 16.7 Å². The smallest absolute Gasteiger partial charge is 0.305 e. The third-order valence-electron chi connectivity index (χ3n) is 5.36. The second kappa shape index (κ2) is 13.6. The molecule has 0 radical (unpaired) electrons. The summed E-state index contributed by atoms with van der Waals surface area (Å²) in [7, 11) is 1.50. The van der Waals surface area contributed by atoms with E-state index >= 15 is 0 Å². The minimum Gasteiger partial charge on any atom is -0.493 e. The quantitative estimate of drug-likeness (QED) is 0.131. The summed E-state index contributed by atoms with van der Waals surface area (Å²) in [5.41, 5.74) is 0.993. The van der Waals surface area contributed by atoms with Crippen LogP contribution in [0.3, 0.4) is 0 Å². The van der Waals surface area contributed by atoms with Gasteiger partial charge in [0, 0.05) is 18.5 Å². The monoisotopic (exact) mass is 551 g/mol. The summed E-state index contributed by atoms with van der Waals surface area (Å²) in [6.07, 6.45) is 4.37. The van der Waals surface area contributed by atoms with Crippen molar-refractivity contribution in [2.45, 2.75) is 39.2 Å². The number of nitrogens with zero attached hydrogens (tertiary/aromatic N) is 1. The molecule has 0 aromatic heterocycles. The van der Waals surface area contributed by atoms with E-state index in [0.29, 0.717) is 46.7 Å². The Morgan fingerprint density at radius 3 is 2.72 bits per heavy atom. The average Bonchev–Trinajstić information content (AvgIpc) is 3.11. The zero-order chi connectivity index (χ0) is 26.1. The minimum atomic E-state index is -0.445. The van der Waals surface area contributed by atoms with E-state index in [-0.39, 0.29) is 29.1 Å². The Labute approximate surface area is 224 Å². The van der Waals surface area contributed by atoms with Crippen molar-refractivity contribution in [3.05, 3.63) is 63.3 Å². The maximum atomic E-state index is 14.0. The van der Waals surface area contributed by atoms with Crippen molar-refractivity contribution in [2.75, 3.05) is 20.3 Å². The fourth-order valence-corrected chi connectivity index (χ4v) is 5.03. The Hall–Kier alpha value is -2.62. The van der Waals surface area contributed by atoms with Gasteiger partial charge in [0.2, 0.25) is 0 Å². The molecule has 0 bridgehead atoms. The lowest BCUT2D eigenvalue weighted by Crippen LogP contribution is -2.29. The minimum absolute atomic E-state index is 0.0559. The van der Waals surface area contributed by atoms with Crippen molar-refractivity contribution >= 4 is 57.9 Å². The van der Waals surface area contributed by atoms with E-state index in [1.54, 1.807) is 42.2 Å². The van der Waals surface area contributed by atoms with E-state index in [0.717, 1.165) is 18.4 Å². The number of methoxy groups -OCH3 is 1. The Bertz CT molecular complexity index is 1140. The lowest BCUT2D eigenvalue weighted by atomic mass is 10.1. The van der Waals surface area contributed by atoms with Crippen molar-refractivity contribution in [1.82, 2.24) is 4.90 Å². The first-order chi connectivity index (χ1) is 17.3. The highest BCUT2D eigenvalue weighted by molar-refractivity contribution is 8.26. The first kappa shape index (κ1) is 28.0. The van der Waals surface area contributed by atoms with Crippen molar-refractivity contribution in [3.63, 3.8) is 0 Å². The summed E-state index contributed by atoms with van der Waals surface area (Å²) in [6.45, 7) is 2.61.